The quantitative estimate of drug-likeness (QED) is 0.465. The average Bonchev–Trinajstić information content (AvgIpc) is 2.59. The van der Waals surface area contributed by atoms with Crippen LogP contribution in [-0.2, 0) is 30.6 Å². The van der Waals surface area contributed by atoms with Crippen LogP contribution in [0.25, 0.3) is 0 Å². The van der Waals surface area contributed by atoms with Gasteiger partial charge in [-0.3, -0.25) is 14.4 Å². The second-order valence-electron chi connectivity index (χ2n) is 8.26. The van der Waals surface area contributed by atoms with Gasteiger partial charge in [0.2, 0.25) is 11.8 Å². The third kappa shape index (κ3) is 9.04. The van der Waals surface area contributed by atoms with Gasteiger partial charge in [0.1, 0.15) is 11.6 Å². The largest absolute Gasteiger partial charge is 0.458 e. The van der Waals surface area contributed by atoms with E-state index in [4.69, 9.17) is 15.3 Å². The maximum atomic E-state index is 12.8. The molecule has 1 aromatic carbocycles. The molecule has 0 aliphatic heterocycles. The van der Waals surface area contributed by atoms with Crippen LogP contribution in [-0.4, -0.2) is 40.4 Å². The lowest BCUT2D eigenvalue weighted by molar-refractivity contribution is -0.164. The molecule has 9 heteroatoms. The van der Waals surface area contributed by atoms with Crippen LogP contribution < -0.4 is 11.2 Å². The number of benzene rings is 1. The van der Waals surface area contributed by atoms with Gasteiger partial charge in [-0.15, -0.1) is 0 Å². The SMILES string of the molecule is CC(C)CC(=O)N(C(=O)NOCc1ccccc1)[C@@H](CC(N)=O)C(=O)OC(C)(C)C. The number of esters is 1. The zero-order valence-electron chi connectivity index (χ0n) is 18.1. The van der Waals surface area contributed by atoms with E-state index in [1.54, 1.807) is 46.8 Å². The summed E-state index contributed by atoms with van der Waals surface area (Å²) in [6.45, 7) is 8.53. The number of primary amides is 1. The number of hydrogen-bond donors (Lipinski definition) is 2. The zero-order chi connectivity index (χ0) is 22.9. The van der Waals surface area contributed by atoms with Crippen molar-refractivity contribution in [2.24, 2.45) is 11.7 Å². The molecule has 1 aromatic rings. The van der Waals surface area contributed by atoms with E-state index in [9.17, 15) is 19.2 Å². The number of rotatable bonds is 9. The monoisotopic (exact) mass is 421 g/mol. The van der Waals surface area contributed by atoms with Crippen LogP contribution in [0.3, 0.4) is 0 Å². The molecule has 0 bridgehead atoms. The molecule has 0 aliphatic rings. The molecule has 30 heavy (non-hydrogen) atoms. The molecular formula is C21H31N3O6. The van der Waals surface area contributed by atoms with E-state index < -0.39 is 41.9 Å². The summed E-state index contributed by atoms with van der Waals surface area (Å²) in [5, 5.41) is 0. The van der Waals surface area contributed by atoms with Gasteiger partial charge in [0.25, 0.3) is 0 Å². The van der Waals surface area contributed by atoms with Crippen molar-refractivity contribution in [3.05, 3.63) is 35.9 Å². The van der Waals surface area contributed by atoms with Gasteiger partial charge in [0.05, 0.1) is 13.0 Å². The predicted octanol–water partition coefficient (Wildman–Crippen LogP) is 2.29. The van der Waals surface area contributed by atoms with Crippen molar-refractivity contribution < 1.29 is 28.8 Å². The van der Waals surface area contributed by atoms with Crippen LogP contribution >= 0.6 is 0 Å². The van der Waals surface area contributed by atoms with Crippen molar-refractivity contribution in [2.45, 2.75) is 65.7 Å². The molecule has 0 aliphatic carbocycles. The maximum absolute atomic E-state index is 12.8. The second-order valence-corrected chi connectivity index (χ2v) is 8.26. The van der Waals surface area contributed by atoms with Gasteiger partial charge in [-0.2, -0.15) is 0 Å². The van der Waals surface area contributed by atoms with Crippen molar-refractivity contribution in [1.29, 1.82) is 0 Å². The van der Waals surface area contributed by atoms with E-state index in [0.29, 0.717) is 4.90 Å². The molecule has 4 amide bonds. The Labute approximate surface area is 176 Å². The first-order chi connectivity index (χ1) is 13.9. The van der Waals surface area contributed by atoms with Gasteiger partial charge < -0.3 is 10.5 Å². The van der Waals surface area contributed by atoms with Gasteiger partial charge in [-0.1, -0.05) is 44.2 Å². The molecule has 0 saturated heterocycles. The molecule has 166 valence electrons. The molecule has 0 fully saturated rings. The lowest BCUT2D eigenvalue weighted by Crippen LogP contribution is -2.55. The first kappa shape index (κ1) is 25.1. The van der Waals surface area contributed by atoms with E-state index in [1.165, 1.54) is 0 Å². The molecular weight excluding hydrogens is 390 g/mol. The first-order valence-electron chi connectivity index (χ1n) is 9.69. The van der Waals surface area contributed by atoms with Crippen LogP contribution in [0.4, 0.5) is 4.79 Å². The summed E-state index contributed by atoms with van der Waals surface area (Å²) in [5.41, 5.74) is 7.33. The molecule has 0 aromatic heterocycles. The van der Waals surface area contributed by atoms with E-state index in [-0.39, 0.29) is 18.9 Å². The molecule has 0 saturated carbocycles. The summed E-state index contributed by atoms with van der Waals surface area (Å²) in [5.74, 6) is -2.50. The van der Waals surface area contributed by atoms with Crippen molar-refractivity contribution in [3.8, 4) is 0 Å². The number of hydrogen-bond acceptors (Lipinski definition) is 6. The molecule has 1 rings (SSSR count). The third-order valence-corrected chi connectivity index (χ3v) is 3.70. The minimum atomic E-state index is -1.51. The number of hydroxylamine groups is 1. The lowest BCUT2D eigenvalue weighted by atomic mass is 10.1. The first-order valence-corrected chi connectivity index (χ1v) is 9.69. The van der Waals surface area contributed by atoms with Crippen molar-refractivity contribution in [1.82, 2.24) is 10.4 Å². The normalized spacial score (nSPS) is 12.2. The fourth-order valence-corrected chi connectivity index (χ4v) is 2.52. The zero-order valence-corrected chi connectivity index (χ0v) is 18.1. The van der Waals surface area contributed by atoms with E-state index in [1.807, 2.05) is 18.2 Å². The number of amides is 4. The van der Waals surface area contributed by atoms with Gasteiger partial charge in [-0.05, 0) is 32.3 Å². The number of ether oxygens (including phenoxy) is 1. The van der Waals surface area contributed by atoms with Crippen molar-refractivity contribution >= 4 is 23.8 Å². The molecule has 3 N–H and O–H groups in total. The molecule has 0 radical (unpaired) electrons. The number of carbonyl (C=O) groups is 4. The summed E-state index contributed by atoms with van der Waals surface area (Å²) in [6, 6.07) is 6.56. The number of imide groups is 1. The summed E-state index contributed by atoms with van der Waals surface area (Å²) in [7, 11) is 0. The Hall–Kier alpha value is -2.94. The Morgan fingerprint density at radius 2 is 1.67 bits per heavy atom. The Kier molecular flexibility index (Phi) is 9.45. The van der Waals surface area contributed by atoms with E-state index in [0.717, 1.165) is 5.56 Å². The van der Waals surface area contributed by atoms with Crippen molar-refractivity contribution in [3.63, 3.8) is 0 Å². The summed E-state index contributed by atoms with van der Waals surface area (Å²) < 4.78 is 5.30. The molecule has 0 spiro atoms. The lowest BCUT2D eigenvalue weighted by Gasteiger charge is -2.31. The van der Waals surface area contributed by atoms with E-state index >= 15 is 0 Å². The van der Waals surface area contributed by atoms with Gasteiger partial charge >= 0.3 is 12.0 Å². The topological polar surface area (TPSA) is 128 Å². The number of nitrogens with one attached hydrogen (secondary N) is 1. The maximum Gasteiger partial charge on any atom is 0.348 e. The summed E-state index contributed by atoms with van der Waals surface area (Å²) in [4.78, 5) is 55.6. The third-order valence-electron chi connectivity index (χ3n) is 3.70. The summed E-state index contributed by atoms with van der Waals surface area (Å²) in [6.07, 6.45) is -0.588. The highest BCUT2D eigenvalue weighted by Gasteiger charge is 2.38. The number of nitrogens with zero attached hydrogens (tertiary/aromatic N) is 1. The fourth-order valence-electron chi connectivity index (χ4n) is 2.52. The Bertz CT molecular complexity index is 743. The van der Waals surface area contributed by atoms with Gasteiger partial charge in [-0.25, -0.2) is 20.0 Å². The fraction of sp³-hybridized carbons (Fsp3) is 0.524. The Morgan fingerprint density at radius 3 is 2.17 bits per heavy atom. The van der Waals surface area contributed by atoms with Crippen LogP contribution in [0, 0.1) is 5.92 Å². The minimum Gasteiger partial charge on any atom is -0.458 e. The average molecular weight is 421 g/mol. The number of urea groups is 1. The summed E-state index contributed by atoms with van der Waals surface area (Å²) >= 11 is 0. The van der Waals surface area contributed by atoms with E-state index in [2.05, 4.69) is 5.48 Å². The van der Waals surface area contributed by atoms with Crippen LogP contribution in [0.15, 0.2) is 30.3 Å². The highest BCUT2D eigenvalue weighted by molar-refractivity contribution is 6.00. The predicted molar refractivity (Wildman–Crippen MR) is 110 cm³/mol. The minimum absolute atomic E-state index is 0.0236. The smallest absolute Gasteiger partial charge is 0.348 e. The molecule has 0 heterocycles. The van der Waals surface area contributed by atoms with Gasteiger partial charge in [0.15, 0.2) is 0 Å². The highest BCUT2D eigenvalue weighted by atomic mass is 16.7. The van der Waals surface area contributed by atoms with Crippen LogP contribution in [0.2, 0.25) is 0 Å². The van der Waals surface area contributed by atoms with Crippen LogP contribution in [0.1, 0.15) is 53.0 Å². The molecule has 9 nitrogen and oxygen atoms in total. The number of carbonyl (C=O) groups excluding carboxylic acids is 4. The van der Waals surface area contributed by atoms with Crippen LogP contribution in [0.5, 0.6) is 0 Å². The van der Waals surface area contributed by atoms with Crippen molar-refractivity contribution in [2.75, 3.05) is 0 Å². The van der Waals surface area contributed by atoms with Gasteiger partial charge in [0, 0.05) is 6.42 Å². The standard InChI is InChI=1S/C21H31N3O6/c1-14(2)11-18(26)24(16(12-17(22)25)19(27)30-21(3,4)5)20(28)23-29-13-15-9-7-6-8-10-15/h6-10,14,16H,11-13H2,1-5H3,(H2,22,25)(H,23,28)/t16-/m0/s1. The molecule has 1 atom stereocenters. The molecule has 0 unspecified atom stereocenters. The Balaban J connectivity index is 3.05. The second kappa shape index (κ2) is 11.3. The highest BCUT2D eigenvalue weighted by Crippen LogP contribution is 2.17. The Morgan fingerprint density at radius 1 is 1.07 bits per heavy atom. The number of nitrogens with two attached hydrogens (primary N) is 1.